The predicted molar refractivity (Wildman–Crippen MR) is 52.1 cm³/mol. The van der Waals surface area contributed by atoms with Gasteiger partial charge in [0, 0.05) is 6.08 Å². The zero-order chi connectivity index (χ0) is 12.3. The van der Waals surface area contributed by atoms with E-state index in [9.17, 15) is 9.59 Å². The highest BCUT2D eigenvalue weighted by Gasteiger charge is 2.06. The number of carboxylic acid groups (broad SMARTS) is 1. The number of carboxylic acids is 1. The van der Waals surface area contributed by atoms with Crippen molar-refractivity contribution < 1.29 is 29.6 Å². The van der Waals surface area contributed by atoms with E-state index in [1.54, 1.807) is 0 Å². The number of rotatable bonds is 5. The van der Waals surface area contributed by atoms with Gasteiger partial charge in [-0.2, -0.15) is 0 Å². The van der Waals surface area contributed by atoms with Crippen LogP contribution in [0.2, 0.25) is 0 Å². The molecule has 88 valence electrons. The first-order valence-electron chi connectivity index (χ1n) is 4.23. The van der Waals surface area contributed by atoms with E-state index in [-0.39, 0.29) is 19.8 Å². The van der Waals surface area contributed by atoms with Crippen molar-refractivity contribution >= 4 is 11.9 Å². The smallest absolute Gasteiger partial charge is 0.330 e. The van der Waals surface area contributed by atoms with Gasteiger partial charge < -0.3 is 20.1 Å². The summed E-state index contributed by atoms with van der Waals surface area (Å²) in [6.07, 6.45) is 1.05. The second kappa shape index (κ2) is 10.7. The quantitative estimate of drug-likeness (QED) is 0.422. The molecule has 0 aliphatic rings. The van der Waals surface area contributed by atoms with Crippen LogP contribution in [0.1, 0.15) is 6.92 Å². The summed E-state index contributed by atoms with van der Waals surface area (Å²) in [6, 6.07) is 0. The Bertz CT molecular complexity index is 201. The Morgan fingerprint density at radius 1 is 1.47 bits per heavy atom. The van der Waals surface area contributed by atoms with Crippen LogP contribution in [-0.2, 0) is 14.3 Å². The molecule has 0 saturated carbocycles. The monoisotopic (exact) mass is 220 g/mol. The minimum Gasteiger partial charge on any atom is -0.481 e. The molecule has 6 nitrogen and oxygen atoms in total. The Balaban J connectivity index is 0. The summed E-state index contributed by atoms with van der Waals surface area (Å²) in [5.74, 6) is -2.08. The van der Waals surface area contributed by atoms with Crippen LogP contribution in [0.5, 0.6) is 0 Å². The van der Waals surface area contributed by atoms with Crippen molar-refractivity contribution in [3.8, 4) is 0 Å². The SMILES string of the molecule is C=CC(=O)OCCO.CC(CO)C(=O)O. The van der Waals surface area contributed by atoms with Gasteiger partial charge in [-0.15, -0.1) is 0 Å². The van der Waals surface area contributed by atoms with E-state index in [1.165, 1.54) is 6.92 Å². The van der Waals surface area contributed by atoms with E-state index in [2.05, 4.69) is 11.3 Å². The maximum atomic E-state index is 10.1. The predicted octanol–water partition coefficient (Wildman–Crippen LogP) is -0.593. The second-order valence-corrected chi connectivity index (χ2v) is 2.52. The van der Waals surface area contributed by atoms with Gasteiger partial charge in [-0.1, -0.05) is 6.58 Å². The molecule has 0 bridgehead atoms. The molecule has 0 spiro atoms. The van der Waals surface area contributed by atoms with Crippen LogP contribution < -0.4 is 0 Å². The summed E-state index contributed by atoms with van der Waals surface area (Å²) in [5.41, 5.74) is 0. The number of carbonyl (C=O) groups is 2. The molecular formula is C9H16O6. The molecule has 0 aliphatic carbocycles. The summed E-state index contributed by atoms with van der Waals surface area (Å²) in [7, 11) is 0. The van der Waals surface area contributed by atoms with Gasteiger partial charge in [-0.3, -0.25) is 4.79 Å². The molecule has 0 radical (unpaired) electrons. The first-order valence-corrected chi connectivity index (χ1v) is 4.23. The van der Waals surface area contributed by atoms with Crippen LogP contribution in [0.15, 0.2) is 12.7 Å². The highest BCUT2D eigenvalue weighted by atomic mass is 16.5. The molecule has 0 rings (SSSR count). The standard InChI is InChI=1S/C5H8O3.C4H8O3/c1-2-5(7)8-4-3-6;1-3(2-5)4(6)7/h2,6H,1,3-4H2;3,5H,2H2,1H3,(H,6,7). The molecule has 0 saturated heterocycles. The van der Waals surface area contributed by atoms with Crippen molar-refractivity contribution in [1.82, 2.24) is 0 Å². The summed E-state index contributed by atoms with van der Waals surface area (Å²) in [5, 5.41) is 24.2. The molecule has 0 heterocycles. The van der Waals surface area contributed by atoms with E-state index in [4.69, 9.17) is 15.3 Å². The summed E-state index contributed by atoms with van der Waals surface area (Å²) in [4.78, 5) is 19.9. The summed E-state index contributed by atoms with van der Waals surface area (Å²) in [6.45, 7) is 4.23. The molecule has 0 fully saturated rings. The van der Waals surface area contributed by atoms with Gasteiger partial charge in [-0.05, 0) is 6.92 Å². The zero-order valence-corrected chi connectivity index (χ0v) is 8.55. The molecule has 6 heteroatoms. The number of aliphatic hydroxyl groups is 2. The van der Waals surface area contributed by atoms with Gasteiger partial charge in [0.25, 0.3) is 0 Å². The number of hydrogen-bond acceptors (Lipinski definition) is 5. The second-order valence-electron chi connectivity index (χ2n) is 2.52. The Morgan fingerprint density at radius 2 is 2.00 bits per heavy atom. The van der Waals surface area contributed by atoms with Gasteiger partial charge in [0.2, 0.25) is 0 Å². The summed E-state index contributed by atoms with van der Waals surface area (Å²) < 4.78 is 4.33. The minimum absolute atomic E-state index is 0.0465. The van der Waals surface area contributed by atoms with Crippen molar-refractivity contribution in [3.63, 3.8) is 0 Å². The van der Waals surface area contributed by atoms with Gasteiger partial charge >= 0.3 is 11.9 Å². The number of aliphatic carboxylic acids is 1. The maximum Gasteiger partial charge on any atom is 0.330 e. The van der Waals surface area contributed by atoms with Crippen LogP contribution in [0.3, 0.4) is 0 Å². The highest BCUT2D eigenvalue weighted by molar-refractivity contribution is 5.81. The Morgan fingerprint density at radius 3 is 2.20 bits per heavy atom. The molecule has 1 atom stereocenters. The fraction of sp³-hybridized carbons (Fsp3) is 0.556. The highest BCUT2D eigenvalue weighted by Crippen LogP contribution is 1.88. The van der Waals surface area contributed by atoms with E-state index in [0.717, 1.165) is 6.08 Å². The number of hydrogen-bond donors (Lipinski definition) is 3. The average molecular weight is 220 g/mol. The van der Waals surface area contributed by atoms with Crippen LogP contribution in [0.4, 0.5) is 0 Å². The third-order valence-electron chi connectivity index (χ3n) is 1.20. The van der Waals surface area contributed by atoms with Crippen LogP contribution in [-0.4, -0.2) is 47.1 Å². The first-order chi connectivity index (χ1) is 6.99. The lowest BCUT2D eigenvalue weighted by atomic mass is 10.2. The number of aliphatic hydroxyl groups excluding tert-OH is 2. The van der Waals surface area contributed by atoms with Gasteiger partial charge in [0.1, 0.15) is 6.61 Å². The lowest BCUT2D eigenvalue weighted by Crippen LogP contribution is -2.12. The van der Waals surface area contributed by atoms with Crippen LogP contribution in [0.25, 0.3) is 0 Å². The van der Waals surface area contributed by atoms with Gasteiger partial charge in [0.15, 0.2) is 0 Å². The summed E-state index contributed by atoms with van der Waals surface area (Å²) >= 11 is 0. The topological polar surface area (TPSA) is 104 Å². The van der Waals surface area contributed by atoms with Crippen molar-refractivity contribution in [3.05, 3.63) is 12.7 Å². The zero-order valence-electron chi connectivity index (χ0n) is 8.55. The molecule has 0 amide bonds. The lowest BCUT2D eigenvalue weighted by molar-refractivity contribution is -0.142. The van der Waals surface area contributed by atoms with Crippen molar-refractivity contribution in [2.75, 3.05) is 19.8 Å². The van der Waals surface area contributed by atoms with Crippen molar-refractivity contribution in [1.29, 1.82) is 0 Å². The Labute approximate surface area is 87.8 Å². The average Bonchev–Trinajstić information content (AvgIpc) is 2.25. The fourth-order valence-corrected chi connectivity index (χ4v) is 0.283. The molecular weight excluding hydrogens is 204 g/mol. The maximum absolute atomic E-state index is 10.1. The molecule has 15 heavy (non-hydrogen) atoms. The van der Waals surface area contributed by atoms with E-state index in [1.807, 2.05) is 0 Å². The van der Waals surface area contributed by atoms with Crippen LogP contribution in [0, 0.1) is 5.92 Å². The molecule has 3 N–H and O–H groups in total. The first kappa shape index (κ1) is 16.0. The number of carbonyl (C=O) groups excluding carboxylic acids is 1. The van der Waals surface area contributed by atoms with E-state index in [0.29, 0.717) is 0 Å². The largest absolute Gasteiger partial charge is 0.481 e. The molecule has 1 unspecified atom stereocenters. The molecule has 0 aromatic heterocycles. The Kier molecular flexibility index (Phi) is 11.4. The minimum atomic E-state index is -0.956. The van der Waals surface area contributed by atoms with Gasteiger partial charge in [-0.25, -0.2) is 4.79 Å². The fourth-order valence-electron chi connectivity index (χ4n) is 0.283. The molecule has 0 aromatic carbocycles. The van der Waals surface area contributed by atoms with Crippen molar-refractivity contribution in [2.24, 2.45) is 5.92 Å². The van der Waals surface area contributed by atoms with Crippen molar-refractivity contribution in [2.45, 2.75) is 6.92 Å². The third kappa shape index (κ3) is 12.6. The molecule has 0 aliphatic heterocycles. The van der Waals surface area contributed by atoms with E-state index >= 15 is 0 Å². The van der Waals surface area contributed by atoms with E-state index < -0.39 is 17.9 Å². The number of ether oxygens (including phenoxy) is 1. The number of esters is 1. The van der Waals surface area contributed by atoms with Gasteiger partial charge in [0.05, 0.1) is 19.1 Å². The Hall–Kier alpha value is -1.40. The lowest BCUT2D eigenvalue weighted by Gasteiger charge is -1.95. The molecule has 0 aromatic rings. The third-order valence-corrected chi connectivity index (χ3v) is 1.20. The van der Waals surface area contributed by atoms with Crippen LogP contribution >= 0.6 is 0 Å². The normalized spacial score (nSPS) is 10.6.